The van der Waals surface area contributed by atoms with Crippen molar-refractivity contribution in [2.75, 3.05) is 47.1 Å². The van der Waals surface area contributed by atoms with Crippen LogP contribution in [0.1, 0.15) is 26.7 Å². The summed E-state index contributed by atoms with van der Waals surface area (Å²) in [4.78, 5) is 14.0. The van der Waals surface area contributed by atoms with Crippen molar-refractivity contribution in [3.8, 4) is 0 Å². The van der Waals surface area contributed by atoms with Gasteiger partial charge < -0.3 is 14.2 Å². The molecular weight excluding hydrogens is 234 g/mol. The van der Waals surface area contributed by atoms with Crippen LogP contribution in [0, 0.1) is 0 Å². The molecule has 18 heavy (non-hydrogen) atoms. The zero-order valence-electron chi connectivity index (χ0n) is 12.1. The van der Waals surface area contributed by atoms with Gasteiger partial charge in [-0.05, 0) is 13.3 Å². The van der Waals surface area contributed by atoms with Crippen LogP contribution in [0.15, 0.2) is 0 Å². The highest BCUT2D eigenvalue weighted by atomic mass is 16.5. The van der Waals surface area contributed by atoms with Gasteiger partial charge in [-0.15, -0.1) is 0 Å². The van der Waals surface area contributed by atoms with E-state index in [1.807, 2.05) is 6.92 Å². The monoisotopic (exact) mass is 261 g/mol. The predicted molar refractivity (Wildman–Crippen MR) is 70.7 cm³/mol. The van der Waals surface area contributed by atoms with Crippen molar-refractivity contribution >= 4 is 5.97 Å². The molecule has 0 saturated heterocycles. The lowest BCUT2D eigenvalue weighted by molar-refractivity contribution is -0.150. The van der Waals surface area contributed by atoms with Crippen LogP contribution in [0.25, 0.3) is 0 Å². The standard InChI is InChI=1S/C13H27NO4/c1-5-7-12(13(15)18-6-2)14(8-10-16-3)9-11-17-4/h12H,5-11H2,1-4H3/t12-/m0/s1. The number of ether oxygens (including phenoxy) is 3. The van der Waals surface area contributed by atoms with E-state index in [9.17, 15) is 4.79 Å². The van der Waals surface area contributed by atoms with Crippen molar-refractivity contribution in [3.63, 3.8) is 0 Å². The highest BCUT2D eigenvalue weighted by Crippen LogP contribution is 2.09. The average molecular weight is 261 g/mol. The number of hydrogen-bond donors (Lipinski definition) is 0. The van der Waals surface area contributed by atoms with Gasteiger partial charge >= 0.3 is 5.97 Å². The summed E-state index contributed by atoms with van der Waals surface area (Å²) in [5.74, 6) is -0.147. The summed E-state index contributed by atoms with van der Waals surface area (Å²) in [5.41, 5.74) is 0. The molecule has 0 aromatic rings. The average Bonchev–Trinajstić information content (AvgIpc) is 2.37. The van der Waals surface area contributed by atoms with E-state index < -0.39 is 0 Å². The van der Waals surface area contributed by atoms with E-state index in [0.29, 0.717) is 32.9 Å². The molecule has 0 aliphatic heterocycles. The Morgan fingerprint density at radius 3 is 2.06 bits per heavy atom. The molecule has 0 radical (unpaired) electrons. The lowest BCUT2D eigenvalue weighted by Gasteiger charge is -2.29. The molecule has 0 bridgehead atoms. The minimum Gasteiger partial charge on any atom is -0.465 e. The van der Waals surface area contributed by atoms with Gasteiger partial charge in [-0.25, -0.2) is 0 Å². The van der Waals surface area contributed by atoms with Crippen molar-refractivity contribution in [3.05, 3.63) is 0 Å². The third-order valence-electron chi connectivity index (χ3n) is 2.73. The molecule has 0 N–H and O–H groups in total. The largest absolute Gasteiger partial charge is 0.465 e. The van der Waals surface area contributed by atoms with Crippen LogP contribution in [0.3, 0.4) is 0 Å². The topological polar surface area (TPSA) is 48.0 Å². The molecule has 108 valence electrons. The van der Waals surface area contributed by atoms with Gasteiger partial charge in [-0.3, -0.25) is 9.69 Å². The molecule has 0 amide bonds. The van der Waals surface area contributed by atoms with Crippen LogP contribution in [0.4, 0.5) is 0 Å². The third kappa shape index (κ3) is 6.93. The molecule has 0 fully saturated rings. The number of methoxy groups -OCH3 is 2. The number of carbonyl (C=O) groups excluding carboxylic acids is 1. The second-order valence-electron chi connectivity index (χ2n) is 4.08. The van der Waals surface area contributed by atoms with Crippen molar-refractivity contribution in [1.82, 2.24) is 4.90 Å². The molecule has 0 aromatic carbocycles. The van der Waals surface area contributed by atoms with Crippen LogP contribution in [0.5, 0.6) is 0 Å². The molecule has 0 spiro atoms. The third-order valence-corrected chi connectivity index (χ3v) is 2.73. The van der Waals surface area contributed by atoms with Gasteiger partial charge in [-0.1, -0.05) is 13.3 Å². The van der Waals surface area contributed by atoms with E-state index in [4.69, 9.17) is 14.2 Å². The SMILES string of the molecule is CCC[C@@H](C(=O)OCC)N(CCOC)CCOC. The van der Waals surface area contributed by atoms with E-state index in [0.717, 1.165) is 12.8 Å². The first-order chi connectivity index (χ1) is 8.71. The molecule has 5 nitrogen and oxygen atoms in total. The summed E-state index contributed by atoms with van der Waals surface area (Å²) in [6.07, 6.45) is 1.74. The van der Waals surface area contributed by atoms with E-state index in [1.54, 1.807) is 14.2 Å². The smallest absolute Gasteiger partial charge is 0.323 e. The molecule has 0 aliphatic rings. The Morgan fingerprint density at radius 2 is 1.67 bits per heavy atom. The molecule has 1 atom stereocenters. The number of esters is 1. The summed E-state index contributed by atoms with van der Waals surface area (Å²) in [6.45, 7) is 6.94. The summed E-state index contributed by atoms with van der Waals surface area (Å²) < 4.78 is 15.3. The molecular formula is C13H27NO4. The van der Waals surface area contributed by atoms with Gasteiger partial charge in [0.05, 0.1) is 19.8 Å². The van der Waals surface area contributed by atoms with Gasteiger partial charge in [0.1, 0.15) is 6.04 Å². The first-order valence-electron chi connectivity index (χ1n) is 6.59. The highest BCUT2D eigenvalue weighted by Gasteiger charge is 2.25. The first-order valence-corrected chi connectivity index (χ1v) is 6.59. The Hall–Kier alpha value is -0.650. The summed E-state index contributed by atoms with van der Waals surface area (Å²) in [5, 5.41) is 0. The predicted octanol–water partition coefficient (Wildman–Crippen LogP) is 1.31. The maximum Gasteiger partial charge on any atom is 0.323 e. The minimum absolute atomic E-state index is 0.147. The van der Waals surface area contributed by atoms with Gasteiger partial charge in [0.25, 0.3) is 0 Å². The molecule has 0 rings (SSSR count). The zero-order chi connectivity index (χ0) is 13.8. The van der Waals surface area contributed by atoms with E-state index in [-0.39, 0.29) is 12.0 Å². The maximum atomic E-state index is 12.0. The summed E-state index contributed by atoms with van der Waals surface area (Å²) in [7, 11) is 3.32. The zero-order valence-corrected chi connectivity index (χ0v) is 12.1. The molecule has 5 heteroatoms. The lowest BCUT2D eigenvalue weighted by atomic mass is 10.1. The quantitative estimate of drug-likeness (QED) is 0.525. The first kappa shape index (κ1) is 17.4. The van der Waals surface area contributed by atoms with Gasteiger partial charge in [-0.2, -0.15) is 0 Å². The normalized spacial score (nSPS) is 12.7. The lowest BCUT2D eigenvalue weighted by Crippen LogP contribution is -2.45. The fourth-order valence-electron chi connectivity index (χ4n) is 1.80. The van der Waals surface area contributed by atoms with Crippen LogP contribution in [-0.4, -0.2) is 64.0 Å². The highest BCUT2D eigenvalue weighted by molar-refractivity contribution is 5.75. The van der Waals surface area contributed by atoms with E-state index in [2.05, 4.69) is 11.8 Å². The number of rotatable bonds is 11. The van der Waals surface area contributed by atoms with E-state index in [1.165, 1.54) is 0 Å². The number of carbonyl (C=O) groups is 1. The summed E-state index contributed by atoms with van der Waals surface area (Å²) >= 11 is 0. The van der Waals surface area contributed by atoms with Crippen LogP contribution in [-0.2, 0) is 19.0 Å². The summed E-state index contributed by atoms with van der Waals surface area (Å²) in [6, 6.07) is -0.194. The van der Waals surface area contributed by atoms with Crippen LogP contribution < -0.4 is 0 Å². The fourth-order valence-corrected chi connectivity index (χ4v) is 1.80. The van der Waals surface area contributed by atoms with Gasteiger partial charge in [0, 0.05) is 27.3 Å². The van der Waals surface area contributed by atoms with Crippen LogP contribution >= 0.6 is 0 Å². The van der Waals surface area contributed by atoms with Crippen molar-refractivity contribution in [1.29, 1.82) is 0 Å². The number of hydrogen-bond acceptors (Lipinski definition) is 5. The van der Waals surface area contributed by atoms with Crippen LogP contribution in [0.2, 0.25) is 0 Å². The second-order valence-corrected chi connectivity index (χ2v) is 4.08. The maximum absolute atomic E-state index is 12.0. The molecule has 0 saturated carbocycles. The molecule has 0 unspecified atom stereocenters. The molecule has 0 aromatic heterocycles. The Labute approximate surface area is 110 Å². The van der Waals surface area contributed by atoms with Crippen molar-refractivity contribution in [2.24, 2.45) is 0 Å². The Kier molecular flexibility index (Phi) is 11.0. The minimum atomic E-state index is -0.194. The Bertz CT molecular complexity index is 203. The number of nitrogens with zero attached hydrogens (tertiary/aromatic N) is 1. The van der Waals surface area contributed by atoms with Crippen molar-refractivity contribution < 1.29 is 19.0 Å². The van der Waals surface area contributed by atoms with E-state index >= 15 is 0 Å². The van der Waals surface area contributed by atoms with Gasteiger partial charge in [0.2, 0.25) is 0 Å². The Balaban J connectivity index is 4.54. The fraction of sp³-hybridized carbons (Fsp3) is 0.923. The van der Waals surface area contributed by atoms with Crippen molar-refractivity contribution in [2.45, 2.75) is 32.7 Å². The van der Waals surface area contributed by atoms with Gasteiger partial charge in [0.15, 0.2) is 0 Å². The molecule has 0 aliphatic carbocycles. The second kappa shape index (κ2) is 11.4. The molecule has 0 heterocycles. The Morgan fingerprint density at radius 1 is 1.11 bits per heavy atom.